The molecule has 0 aliphatic carbocycles. The lowest BCUT2D eigenvalue weighted by molar-refractivity contribution is -0.141. The first-order chi connectivity index (χ1) is 13.2. The van der Waals surface area contributed by atoms with Gasteiger partial charge in [0.25, 0.3) is 0 Å². The molecule has 0 saturated carbocycles. The average Bonchev–Trinajstić information content (AvgIpc) is 2.63. The summed E-state index contributed by atoms with van der Waals surface area (Å²) in [6, 6.07) is 11.9. The Morgan fingerprint density at radius 1 is 1.11 bits per heavy atom. The predicted octanol–water partition coefficient (Wildman–Crippen LogP) is 6.21. The minimum Gasteiger partial charge on any atom is -0.460 e. The maximum Gasteiger partial charge on any atom is 0.468 e. The number of carbonyl (C=O) groups excluding carboxylic acids is 1. The van der Waals surface area contributed by atoms with Gasteiger partial charge in [-0.2, -0.15) is 13.2 Å². The second kappa shape index (κ2) is 9.61. The van der Waals surface area contributed by atoms with Crippen molar-refractivity contribution in [3.8, 4) is 0 Å². The molecule has 2 aromatic carbocycles. The second-order valence-electron chi connectivity index (χ2n) is 5.25. The molecule has 9 heteroatoms. The van der Waals surface area contributed by atoms with Crippen LogP contribution in [0.4, 0.5) is 18.9 Å². The highest BCUT2D eigenvalue weighted by atomic mass is 35.5. The van der Waals surface area contributed by atoms with Crippen LogP contribution in [0.1, 0.15) is 12.5 Å². The van der Waals surface area contributed by atoms with Crippen LogP contribution >= 0.6 is 23.2 Å². The van der Waals surface area contributed by atoms with Crippen LogP contribution in [0.15, 0.2) is 59.3 Å². The summed E-state index contributed by atoms with van der Waals surface area (Å²) in [6.07, 6.45) is -3.84. The lowest BCUT2D eigenvalue weighted by atomic mass is 10.2. The van der Waals surface area contributed by atoms with Gasteiger partial charge in [0.15, 0.2) is 0 Å². The molecule has 148 valence electrons. The second-order valence-corrected chi connectivity index (χ2v) is 6.07. The number of alkyl halides is 3. The van der Waals surface area contributed by atoms with E-state index in [0.717, 1.165) is 12.1 Å². The number of hydrogen-bond acceptors (Lipinski definition) is 4. The van der Waals surface area contributed by atoms with E-state index in [1.165, 1.54) is 19.1 Å². The maximum atomic E-state index is 13.4. The molecule has 0 amide bonds. The maximum absolute atomic E-state index is 13.4. The van der Waals surface area contributed by atoms with E-state index in [0.29, 0.717) is 5.56 Å². The van der Waals surface area contributed by atoms with Crippen molar-refractivity contribution >= 4 is 46.8 Å². The van der Waals surface area contributed by atoms with Gasteiger partial charge in [-0.05, 0) is 36.8 Å². The van der Waals surface area contributed by atoms with E-state index >= 15 is 0 Å². The Morgan fingerprint density at radius 2 is 1.79 bits per heavy atom. The number of rotatable bonds is 5. The molecule has 0 spiro atoms. The quantitative estimate of drug-likeness (QED) is 0.186. The molecular weight excluding hydrogens is 418 g/mol. The van der Waals surface area contributed by atoms with Gasteiger partial charge in [0.05, 0.1) is 22.3 Å². The monoisotopic (exact) mass is 431 g/mol. The Bertz CT molecular complexity index is 897. The van der Waals surface area contributed by atoms with Crippen LogP contribution in [0.2, 0.25) is 10.0 Å². The molecule has 0 atom stereocenters. The van der Waals surface area contributed by atoms with E-state index in [9.17, 15) is 18.0 Å². The number of hydrogen-bond donors (Lipinski definition) is 0. The minimum absolute atomic E-state index is 0.0230. The van der Waals surface area contributed by atoms with Gasteiger partial charge in [-0.1, -0.05) is 53.5 Å². The first-order valence-electron chi connectivity index (χ1n) is 7.93. The zero-order valence-electron chi connectivity index (χ0n) is 14.5. The van der Waals surface area contributed by atoms with E-state index in [1.807, 2.05) is 0 Å². The normalized spacial score (nSPS) is 12.6. The molecule has 0 aliphatic heterocycles. The molecule has 0 unspecified atom stereocenters. The van der Waals surface area contributed by atoms with Crippen molar-refractivity contribution in [1.82, 2.24) is 0 Å². The van der Waals surface area contributed by atoms with Crippen LogP contribution in [-0.4, -0.2) is 24.7 Å². The number of halogens is 5. The molecule has 0 heterocycles. The van der Waals surface area contributed by atoms with Gasteiger partial charge < -0.3 is 9.47 Å². The Morgan fingerprint density at radius 3 is 2.36 bits per heavy atom. The third-order valence-corrected chi connectivity index (χ3v) is 3.90. The summed E-state index contributed by atoms with van der Waals surface area (Å²) in [5.41, 5.74) is 0.297. The van der Waals surface area contributed by atoms with Crippen molar-refractivity contribution in [2.24, 2.45) is 4.99 Å². The fourth-order valence-corrected chi connectivity index (χ4v) is 2.25. The van der Waals surface area contributed by atoms with E-state index in [4.69, 9.17) is 32.7 Å². The number of ether oxygens (including phenoxy) is 2. The highest BCUT2D eigenvalue weighted by molar-refractivity contribution is 6.42. The molecule has 0 N–H and O–H groups in total. The van der Waals surface area contributed by atoms with Gasteiger partial charge in [-0.25, -0.2) is 9.79 Å². The molecule has 0 saturated heterocycles. The lowest BCUT2D eigenvalue weighted by Gasteiger charge is -2.14. The molecule has 2 rings (SSSR count). The number of benzene rings is 2. The number of aliphatic imine (C=N–C) groups is 1. The fourth-order valence-electron chi connectivity index (χ4n) is 1.95. The SMILES string of the molecule is CCOC(=O)/C(=C/c1ccccc1)OC(=Nc1ccc(Cl)c(Cl)c1)C(F)(F)F. The highest BCUT2D eigenvalue weighted by Gasteiger charge is 2.40. The van der Waals surface area contributed by atoms with E-state index in [2.05, 4.69) is 4.99 Å². The fraction of sp³-hybridized carbons (Fsp3) is 0.158. The zero-order valence-corrected chi connectivity index (χ0v) is 16.0. The third kappa shape index (κ3) is 6.28. The first kappa shape index (κ1) is 21.8. The molecule has 0 radical (unpaired) electrons. The predicted molar refractivity (Wildman–Crippen MR) is 102 cm³/mol. The lowest BCUT2D eigenvalue weighted by Crippen LogP contribution is -2.27. The van der Waals surface area contributed by atoms with E-state index < -0.39 is 23.8 Å². The molecule has 0 aromatic heterocycles. The van der Waals surface area contributed by atoms with Crippen LogP contribution < -0.4 is 0 Å². The summed E-state index contributed by atoms with van der Waals surface area (Å²) in [6.45, 7) is 1.48. The summed E-state index contributed by atoms with van der Waals surface area (Å²) >= 11 is 11.6. The minimum atomic E-state index is -4.98. The number of carbonyl (C=O) groups is 1. The molecule has 0 fully saturated rings. The molecule has 2 aromatic rings. The summed E-state index contributed by atoms with van der Waals surface area (Å²) in [7, 11) is 0. The van der Waals surface area contributed by atoms with Crippen LogP contribution in [-0.2, 0) is 14.3 Å². The topological polar surface area (TPSA) is 47.9 Å². The summed E-state index contributed by atoms with van der Waals surface area (Å²) < 4.78 is 49.9. The van der Waals surface area contributed by atoms with Crippen molar-refractivity contribution in [1.29, 1.82) is 0 Å². The van der Waals surface area contributed by atoms with Crippen molar-refractivity contribution in [3.63, 3.8) is 0 Å². The van der Waals surface area contributed by atoms with Crippen LogP contribution in [0.3, 0.4) is 0 Å². The van der Waals surface area contributed by atoms with Gasteiger partial charge in [-0.15, -0.1) is 0 Å². The molecule has 0 aliphatic rings. The molecular formula is C19H14Cl2F3NO3. The van der Waals surface area contributed by atoms with Crippen molar-refractivity contribution < 1.29 is 27.4 Å². The van der Waals surface area contributed by atoms with Gasteiger partial charge in [-0.3, -0.25) is 0 Å². The van der Waals surface area contributed by atoms with Crippen LogP contribution in [0.25, 0.3) is 6.08 Å². The average molecular weight is 432 g/mol. The molecule has 4 nitrogen and oxygen atoms in total. The largest absolute Gasteiger partial charge is 0.468 e. The van der Waals surface area contributed by atoms with Crippen LogP contribution in [0.5, 0.6) is 0 Å². The van der Waals surface area contributed by atoms with Gasteiger partial charge in [0.2, 0.25) is 5.76 Å². The number of esters is 1. The number of nitrogens with zero attached hydrogens (tertiary/aromatic N) is 1. The summed E-state index contributed by atoms with van der Waals surface area (Å²) in [5.74, 6) is -3.37. The standard InChI is InChI=1S/C19H14Cl2F3NO3/c1-2-27-17(26)16(10-12-6-4-3-5-7-12)28-18(19(22,23)24)25-13-8-9-14(20)15(21)11-13/h3-11H,2H2,1H3/b16-10-,25-18?. The molecule has 28 heavy (non-hydrogen) atoms. The highest BCUT2D eigenvalue weighted by Crippen LogP contribution is 2.29. The smallest absolute Gasteiger partial charge is 0.460 e. The Labute approximate surface area is 169 Å². The summed E-state index contributed by atoms with van der Waals surface area (Å²) in [5, 5.41) is 0.182. The third-order valence-electron chi connectivity index (χ3n) is 3.16. The Kier molecular flexibility index (Phi) is 7.48. The van der Waals surface area contributed by atoms with Crippen molar-refractivity contribution in [3.05, 3.63) is 69.9 Å². The summed E-state index contributed by atoms with van der Waals surface area (Å²) in [4.78, 5) is 15.5. The van der Waals surface area contributed by atoms with Crippen LogP contribution in [0, 0.1) is 0 Å². The zero-order chi connectivity index (χ0) is 20.7. The van der Waals surface area contributed by atoms with Gasteiger partial charge in [0.1, 0.15) is 0 Å². The van der Waals surface area contributed by atoms with Gasteiger partial charge >= 0.3 is 18.0 Å². The Balaban J connectivity index is 2.46. The van der Waals surface area contributed by atoms with Crippen molar-refractivity contribution in [2.75, 3.05) is 6.61 Å². The first-order valence-corrected chi connectivity index (χ1v) is 8.69. The van der Waals surface area contributed by atoms with Crippen molar-refractivity contribution in [2.45, 2.75) is 13.1 Å². The van der Waals surface area contributed by atoms with E-state index in [-0.39, 0.29) is 22.3 Å². The molecule has 0 bridgehead atoms. The Hall–Kier alpha value is -2.51. The van der Waals surface area contributed by atoms with Gasteiger partial charge in [0, 0.05) is 0 Å². The van der Waals surface area contributed by atoms with E-state index in [1.54, 1.807) is 30.3 Å².